The van der Waals surface area contributed by atoms with Crippen molar-refractivity contribution in [1.29, 1.82) is 0 Å². The minimum atomic E-state index is -2.96. The molecule has 2 rings (SSSR count). The summed E-state index contributed by atoms with van der Waals surface area (Å²) in [6.45, 7) is 1.91. The smallest absolute Gasteiger partial charge is 0.341 e. The highest BCUT2D eigenvalue weighted by Crippen LogP contribution is 2.24. The maximum Gasteiger partial charge on any atom is 0.341 e. The topological polar surface area (TPSA) is 83.9 Å². The van der Waals surface area contributed by atoms with Gasteiger partial charge in [-0.15, -0.1) is 0 Å². The summed E-state index contributed by atoms with van der Waals surface area (Å²) in [4.78, 5) is 12.9. The van der Waals surface area contributed by atoms with Crippen LogP contribution >= 0.6 is 0 Å². The zero-order chi connectivity index (χ0) is 16.9. The van der Waals surface area contributed by atoms with Crippen LogP contribution in [0.4, 0.5) is 0 Å². The van der Waals surface area contributed by atoms with E-state index in [9.17, 15) is 13.2 Å². The van der Waals surface area contributed by atoms with Gasteiger partial charge in [0.1, 0.15) is 15.6 Å². The van der Waals surface area contributed by atoms with E-state index in [1.807, 2.05) is 18.2 Å². The average Bonchev–Trinajstić information content (AvgIpc) is 2.45. The standard InChI is InChI=1S/C16H23NO5S/c1-23(20,21)12-13-5-4-8-17(9-13)10-14-6-2-3-7-15(14)22-11-16(18)19/h2-3,6-7,13H,4-5,8-12H2,1H3,(H,18,19)/t13-/m1/s1. The molecule has 1 aliphatic heterocycles. The summed E-state index contributed by atoms with van der Waals surface area (Å²) < 4.78 is 28.3. The molecule has 1 N–H and O–H groups in total. The SMILES string of the molecule is CS(=O)(=O)C[C@@H]1CCCN(Cc2ccccc2OCC(=O)O)C1. The molecule has 0 amide bonds. The first-order chi connectivity index (χ1) is 10.8. The van der Waals surface area contributed by atoms with Crippen molar-refractivity contribution in [2.45, 2.75) is 19.4 Å². The number of benzene rings is 1. The lowest BCUT2D eigenvalue weighted by molar-refractivity contribution is -0.139. The minimum absolute atomic E-state index is 0.158. The number of sulfone groups is 1. The van der Waals surface area contributed by atoms with Crippen LogP contribution in [0.25, 0.3) is 0 Å². The molecule has 0 saturated carbocycles. The number of hydrogen-bond acceptors (Lipinski definition) is 5. The van der Waals surface area contributed by atoms with E-state index in [2.05, 4.69) is 4.90 Å². The molecule has 0 bridgehead atoms. The maximum atomic E-state index is 11.5. The molecule has 7 heteroatoms. The molecule has 1 atom stereocenters. The van der Waals surface area contributed by atoms with Crippen molar-refractivity contribution in [3.63, 3.8) is 0 Å². The van der Waals surface area contributed by atoms with Gasteiger partial charge in [-0.25, -0.2) is 13.2 Å². The van der Waals surface area contributed by atoms with Crippen LogP contribution in [0.5, 0.6) is 5.75 Å². The van der Waals surface area contributed by atoms with E-state index < -0.39 is 15.8 Å². The molecule has 0 radical (unpaired) electrons. The zero-order valence-corrected chi connectivity index (χ0v) is 14.1. The number of rotatable bonds is 7. The van der Waals surface area contributed by atoms with Gasteiger partial charge in [-0.1, -0.05) is 18.2 Å². The Kier molecular flexibility index (Phi) is 6.01. The number of aliphatic carboxylic acids is 1. The van der Waals surface area contributed by atoms with Crippen LogP contribution in [0.2, 0.25) is 0 Å². The molecule has 23 heavy (non-hydrogen) atoms. The number of carbonyl (C=O) groups is 1. The van der Waals surface area contributed by atoms with Gasteiger partial charge in [0.15, 0.2) is 6.61 Å². The zero-order valence-electron chi connectivity index (χ0n) is 13.3. The summed E-state index contributed by atoms with van der Waals surface area (Å²) in [6.07, 6.45) is 3.18. The van der Waals surface area contributed by atoms with Crippen LogP contribution < -0.4 is 4.74 Å². The van der Waals surface area contributed by atoms with Crippen LogP contribution in [0, 0.1) is 5.92 Å². The van der Waals surface area contributed by atoms with E-state index in [1.54, 1.807) is 6.07 Å². The summed E-state index contributed by atoms with van der Waals surface area (Å²) in [7, 11) is -2.96. The highest BCUT2D eigenvalue weighted by molar-refractivity contribution is 7.90. The van der Waals surface area contributed by atoms with Gasteiger partial charge in [0.25, 0.3) is 0 Å². The van der Waals surface area contributed by atoms with Crippen molar-refractivity contribution in [3.05, 3.63) is 29.8 Å². The van der Waals surface area contributed by atoms with Crippen molar-refractivity contribution in [3.8, 4) is 5.75 Å². The second-order valence-corrected chi connectivity index (χ2v) is 8.31. The van der Waals surface area contributed by atoms with E-state index >= 15 is 0 Å². The number of carboxylic acid groups (broad SMARTS) is 1. The quantitative estimate of drug-likeness (QED) is 0.807. The lowest BCUT2D eigenvalue weighted by Gasteiger charge is -2.32. The third kappa shape index (κ3) is 6.19. The maximum absolute atomic E-state index is 11.5. The highest BCUT2D eigenvalue weighted by Gasteiger charge is 2.23. The molecule has 0 unspecified atom stereocenters. The van der Waals surface area contributed by atoms with E-state index in [0.717, 1.165) is 31.5 Å². The van der Waals surface area contributed by atoms with Crippen molar-refractivity contribution >= 4 is 15.8 Å². The van der Waals surface area contributed by atoms with Crippen molar-refractivity contribution < 1.29 is 23.1 Å². The summed E-state index contributed by atoms with van der Waals surface area (Å²) in [5.41, 5.74) is 0.925. The molecule has 0 aliphatic carbocycles. The molecule has 1 saturated heterocycles. The van der Waals surface area contributed by atoms with Crippen molar-refractivity contribution in [2.24, 2.45) is 5.92 Å². The van der Waals surface area contributed by atoms with Crippen LogP contribution in [0.3, 0.4) is 0 Å². The Balaban J connectivity index is 1.99. The second kappa shape index (κ2) is 7.79. The molecule has 0 spiro atoms. The molecular formula is C16H23NO5S. The first-order valence-corrected chi connectivity index (χ1v) is 9.72. The lowest BCUT2D eigenvalue weighted by atomic mass is 9.99. The van der Waals surface area contributed by atoms with Gasteiger partial charge < -0.3 is 9.84 Å². The summed E-state index contributed by atoms with van der Waals surface area (Å²) in [5, 5.41) is 8.74. The Morgan fingerprint density at radius 1 is 1.39 bits per heavy atom. The third-order valence-electron chi connectivity index (χ3n) is 3.86. The van der Waals surface area contributed by atoms with Crippen LogP contribution in [0.15, 0.2) is 24.3 Å². The molecule has 1 aromatic rings. The molecule has 1 heterocycles. The fourth-order valence-electron chi connectivity index (χ4n) is 3.01. The predicted octanol–water partition coefficient (Wildman–Crippen LogP) is 1.41. The summed E-state index contributed by atoms with van der Waals surface area (Å²) in [5.74, 6) is -0.0577. The van der Waals surface area contributed by atoms with Gasteiger partial charge >= 0.3 is 5.97 Å². The number of likely N-dealkylation sites (tertiary alicyclic amines) is 1. The summed E-state index contributed by atoms with van der Waals surface area (Å²) >= 11 is 0. The molecule has 1 aromatic carbocycles. The molecule has 128 valence electrons. The van der Waals surface area contributed by atoms with Gasteiger partial charge in [0.05, 0.1) is 5.75 Å². The Morgan fingerprint density at radius 2 is 2.13 bits per heavy atom. The molecule has 1 aliphatic rings. The van der Waals surface area contributed by atoms with Gasteiger partial charge in [0, 0.05) is 24.9 Å². The Labute approximate surface area is 137 Å². The fraction of sp³-hybridized carbons (Fsp3) is 0.562. The molecule has 0 aromatic heterocycles. The highest BCUT2D eigenvalue weighted by atomic mass is 32.2. The van der Waals surface area contributed by atoms with E-state index in [0.29, 0.717) is 12.3 Å². The van der Waals surface area contributed by atoms with E-state index in [-0.39, 0.29) is 18.3 Å². The van der Waals surface area contributed by atoms with Crippen LogP contribution in [-0.4, -0.2) is 56.1 Å². The predicted molar refractivity (Wildman–Crippen MR) is 87.3 cm³/mol. The second-order valence-electron chi connectivity index (χ2n) is 6.13. The summed E-state index contributed by atoms with van der Waals surface area (Å²) in [6, 6.07) is 7.37. The first-order valence-electron chi connectivity index (χ1n) is 7.66. The number of nitrogens with zero attached hydrogens (tertiary/aromatic N) is 1. The van der Waals surface area contributed by atoms with Crippen LogP contribution in [0.1, 0.15) is 18.4 Å². The van der Waals surface area contributed by atoms with Crippen molar-refractivity contribution in [2.75, 3.05) is 31.7 Å². The largest absolute Gasteiger partial charge is 0.482 e. The lowest BCUT2D eigenvalue weighted by Crippen LogP contribution is -2.37. The van der Waals surface area contributed by atoms with Gasteiger partial charge in [-0.05, 0) is 31.4 Å². The third-order valence-corrected chi connectivity index (χ3v) is 4.94. The Morgan fingerprint density at radius 3 is 2.83 bits per heavy atom. The minimum Gasteiger partial charge on any atom is -0.482 e. The van der Waals surface area contributed by atoms with Crippen molar-refractivity contribution in [1.82, 2.24) is 4.90 Å². The molecule has 6 nitrogen and oxygen atoms in total. The first kappa shape index (κ1) is 17.7. The number of carboxylic acids is 1. The average molecular weight is 341 g/mol. The van der Waals surface area contributed by atoms with Gasteiger partial charge in [-0.3, -0.25) is 4.90 Å². The van der Waals surface area contributed by atoms with Gasteiger partial charge in [0.2, 0.25) is 0 Å². The Hall–Kier alpha value is -1.60. The fourth-order valence-corrected chi connectivity index (χ4v) is 4.14. The van der Waals surface area contributed by atoms with Gasteiger partial charge in [-0.2, -0.15) is 0 Å². The van der Waals surface area contributed by atoms with E-state index in [4.69, 9.17) is 9.84 Å². The number of hydrogen-bond donors (Lipinski definition) is 1. The molecule has 1 fully saturated rings. The molecular weight excluding hydrogens is 318 g/mol. The Bertz CT molecular complexity index is 644. The number of ether oxygens (including phenoxy) is 1. The van der Waals surface area contributed by atoms with E-state index in [1.165, 1.54) is 6.26 Å². The van der Waals surface area contributed by atoms with Crippen LogP contribution in [-0.2, 0) is 21.2 Å². The number of piperidine rings is 1. The number of para-hydroxylation sites is 1. The monoisotopic (exact) mass is 341 g/mol. The normalized spacial score (nSPS) is 19.4.